The lowest BCUT2D eigenvalue weighted by Gasteiger charge is -2.03. The van der Waals surface area contributed by atoms with E-state index in [1.54, 1.807) is 23.6 Å². The van der Waals surface area contributed by atoms with E-state index in [1.165, 1.54) is 11.3 Å². The van der Waals surface area contributed by atoms with Crippen LogP contribution in [0.1, 0.15) is 27.2 Å². The Hall–Kier alpha value is -1.80. The average molecular weight is 320 g/mol. The fourth-order valence-corrected chi connectivity index (χ4v) is 2.49. The number of hydrogen-bond acceptors (Lipinski definition) is 3. The summed E-state index contributed by atoms with van der Waals surface area (Å²) in [5.74, 6) is 5.62. The molecule has 1 amide bonds. The maximum Gasteiger partial charge on any atom is 0.252 e. The molecule has 21 heavy (non-hydrogen) atoms. The number of aliphatic hydroxyl groups is 1. The van der Waals surface area contributed by atoms with E-state index in [-0.39, 0.29) is 12.5 Å². The van der Waals surface area contributed by atoms with Crippen LogP contribution in [0.4, 0.5) is 0 Å². The van der Waals surface area contributed by atoms with E-state index in [0.29, 0.717) is 23.6 Å². The molecule has 1 aromatic carbocycles. The molecule has 0 aliphatic heterocycles. The van der Waals surface area contributed by atoms with Gasteiger partial charge >= 0.3 is 0 Å². The van der Waals surface area contributed by atoms with Crippen LogP contribution >= 0.6 is 22.9 Å². The van der Waals surface area contributed by atoms with Gasteiger partial charge in [0.2, 0.25) is 0 Å². The third kappa shape index (κ3) is 4.91. The van der Waals surface area contributed by atoms with Crippen molar-refractivity contribution in [3.63, 3.8) is 0 Å². The summed E-state index contributed by atoms with van der Waals surface area (Å²) in [5, 5.41) is 14.0. The highest BCUT2D eigenvalue weighted by Crippen LogP contribution is 2.14. The Kier molecular flexibility index (Phi) is 5.82. The molecular formula is C16H14ClNO2S. The molecule has 0 aliphatic rings. The SMILES string of the molecule is O=C(NCc1ccc(Cl)cc1)c1csc(C#CCCO)c1. The molecule has 0 saturated heterocycles. The molecule has 2 aromatic rings. The largest absolute Gasteiger partial charge is 0.395 e. The van der Waals surface area contributed by atoms with Gasteiger partial charge in [-0.1, -0.05) is 35.6 Å². The first-order valence-electron chi connectivity index (χ1n) is 6.40. The van der Waals surface area contributed by atoms with Crippen LogP contribution in [0.3, 0.4) is 0 Å². The van der Waals surface area contributed by atoms with Gasteiger partial charge in [-0.15, -0.1) is 11.3 Å². The molecule has 0 radical (unpaired) electrons. The monoisotopic (exact) mass is 319 g/mol. The van der Waals surface area contributed by atoms with E-state index >= 15 is 0 Å². The lowest BCUT2D eigenvalue weighted by Crippen LogP contribution is -2.22. The number of rotatable bonds is 4. The van der Waals surface area contributed by atoms with Gasteiger partial charge in [-0.25, -0.2) is 0 Å². The molecule has 1 heterocycles. The molecule has 0 unspecified atom stereocenters. The number of nitrogens with one attached hydrogen (secondary N) is 1. The summed E-state index contributed by atoms with van der Waals surface area (Å²) in [6.07, 6.45) is 0.440. The zero-order valence-electron chi connectivity index (χ0n) is 11.2. The Morgan fingerprint density at radius 3 is 2.81 bits per heavy atom. The zero-order chi connectivity index (χ0) is 15.1. The third-order valence-corrected chi connectivity index (χ3v) is 3.77. The maximum atomic E-state index is 12.0. The second-order valence-corrected chi connectivity index (χ2v) is 5.63. The van der Waals surface area contributed by atoms with E-state index in [0.717, 1.165) is 10.4 Å². The lowest BCUT2D eigenvalue weighted by molar-refractivity contribution is 0.0951. The normalized spacial score (nSPS) is 9.81. The molecule has 2 rings (SSSR count). The Morgan fingerprint density at radius 2 is 2.10 bits per heavy atom. The highest BCUT2D eigenvalue weighted by atomic mass is 35.5. The van der Waals surface area contributed by atoms with Crippen molar-refractivity contribution in [2.45, 2.75) is 13.0 Å². The predicted octanol–water partition coefficient (Wildman–Crippen LogP) is 3.07. The minimum Gasteiger partial charge on any atom is -0.395 e. The Bertz CT molecular complexity index is 668. The number of benzene rings is 1. The summed E-state index contributed by atoms with van der Waals surface area (Å²) in [5.41, 5.74) is 1.59. The van der Waals surface area contributed by atoms with Gasteiger partial charge in [0, 0.05) is 23.4 Å². The summed E-state index contributed by atoms with van der Waals surface area (Å²) in [6, 6.07) is 9.10. The van der Waals surface area contributed by atoms with E-state index in [9.17, 15) is 4.79 Å². The van der Waals surface area contributed by atoms with E-state index in [1.807, 2.05) is 12.1 Å². The molecule has 0 aliphatic carbocycles. The van der Waals surface area contributed by atoms with E-state index in [2.05, 4.69) is 17.2 Å². The van der Waals surface area contributed by atoms with Crippen molar-refractivity contribution in [3.8, 4) is 11.8 Å². The highest BCUT2D eigenvalue weighted by molar-refractivity contribution is 7.10. The van der Waals surface area contributed by atoms with Crippen molar-refractivity contribution < 1.29 is 9.90 Å². The summed E-state index contributed by atoms with van der Waals surface area (Å²) in [7, 11) is 0. The quantitative estimate of drug-likeness (QED) is 0.851. The average Bonchev–Trinajstić information content (AvgIpc) is 2.96. The van der Waals surface area contributed by atoms with Crippen molar-refractivity contribution in [2.75, 3.05) is 6.61 Å². The van der Waals surface area contributed by atoms with Gasteiger partial charge in [-0.05, 0) is 23.8 Å². The first-order valence-corrected chi connectivity index (χ1v) is 7.65. The highest BCUT2D eigenvalue weighted by Gasteiger charge is 2.07. The van der Waals surface area contributed by atoms with E-state index < -0.39 is 0 Å². The van der Waals surface area contributed by atoms with Crippen LogP contribution < -0.4 is 5.32 Å². The van der Waals surface area contributed by atoms with Gasteiger partial charge in [-0.3, -0.25) is 4.79 Å². The maximum absolute atomic E-state index is 12.0. The van der Waals surface area contributed by atoms with E-state index in [4.69, 9.17) is 16.7 Å². The molecule has 0 spiro atoms. The molecule has 108 valence electrons. The van der Waals surface area contributed by atoms with Crippen LogP contribution in [0.15, 0.2) is 35.7 Å². The Balaban J connectivity index is 1.92. The number of halogens is 1. The number of thiophene rings is 1. The fraction of sp³-hybridized carbons (Fsp3) is 0.188. The summed E-state index contributed by atoms with van der Waals surface area (Å²) in [4.78, 5) is 12.8. The fourth-order valence-electron chi connectivity index (χ4n) is 1.61. The van der Waals surface area contributed by atoms with Crippen molar-refractivity contribution in [1.29, 1.82) is 0 Å². The lowest BCUT2D eigenvalue weighted by atomic mass is 10.2. The Morgan fingerprint density at radius 1 is 1.33 bits per heavy atom. The number of carbonyl (C=O) groups is 1. The third-order valence-electron chi connectivity index (χ3n) is 2.68. The van der Waals surface area contributed by atoms with Crippen molar-refractivity contribution >= 4 is 28.8 Å². The van der Waals surface area contributed by atoms with Crippen LogP contribution in [0, 0.1) is 11.8 Å². The van der Waals surface area contributed by atoms with Gasteiger partial charge in [0.05, 0.1) is 17.0 Å². The van der Waals surface area contributed by atoms with Gasteiger partial charge < -0.3 is 10.4 Å². The number of aliphatic hydroxyl groups excluding tert-OH is 1. The van der Waals surface area contributed by atoms with Crippen molar-refractivity contribution in [1.82, 2.24) is 5.32 Å². The van der Waals surface area contributed by atoms with Gasteiger partial charge in [-0.2, -0.15) is 0 Å². The predicted molar refractivity (Wildman–Crippen MR) is 85.5 cm³/mol. The van der Waals surface area contributed by atoms with Crippen LogP contribution in [-0.4, -0.2) is 17.6 Å². The molecule has 0 fully saturated rings. The number of amides is 1. The van der Waals surface area contributed by atoms with Crippen molar-refractivity contribution in [3.05, 3.63) is 56.7 Å². The smallest absolute Gasteiger partial charge is 0.252 e. The molecular weight excluding hydrogens is 306 g/mol. The second-order valence-electron chi connectivity index (χ2n) is 4.28. The molecule has 0 saturated carbocycles. The van der Waals surface area contributed by atoms with Crippen LogP contribution in [0.5, 0.6) is 0 Å². The van der Waals surface area contributed by atoms with Gasteiger partial charge in [0.15, 0.2) is 0 Å². The molecule has 0 atom stereocenters. The summed E-state index contributed by atoms with van der Waals surface area (Å²) >= 11 is 7.23. The van der Waals surface area contributed by atoms with Gasteiger partial charge in [0.25, 0.3) is 5.91 Å². The molecule has 3 nitrogen and oxygen atoms in total. The second kappa shape index (κ2) is 7.84. The molecule has 0 bridgehead atoms. The topological polar surface area (TPSA) is 49.3 Å². The molecule has 2 N–H and O–H groups in total. The minimum absolute atomic E-state index is 0.0484. The molecule has 1 aromatic heterocycles. The molecule has 5 heteroatoms. The standard InChI is InChI=1S/C16H14ClNO2S/c17-14-6-4-12(5-7-14)10-18-16(20)13-9-15(21-11-13)3-1-2-8-19/h4-7,9,11,19H,2,8,10H2,(H,18,20). The minimum atomic E-state index is -0.128. The first kappa shape index (κ1) is 15.6. The first-order chi connectivity index (χ1) is 10.2. The van der Waals surface area contributed by atoms with Gasteiger partial charge in [0.1, 0.15) is 0 Å². The Labute approximate surface area is 132 Å². The summed E-state index contributed by atoms with van der Waals surface area (Å²) in [6.45, 7) is 0.504. The number of carbonyl (C=O) groups excluding carboxylic acids is 1. The van der Waals surface area contributed by atoms with Crippen molar-refractivity contribution in [2.24, 2.45) is 0 Å². The van der Waals surface area contributed by atoms with Crippen LogP contribution in [0.2, 0.25) is 5.02 Å². The summed E-state index contributed by atoms with van der Waals surface area (Å²) < 4.78 is 0. The number of hydrogen-bond donors (Lipinski definition) is 2. The zero-order valence-corrected chi connectivity index (χ0v) is 12.8. The van der Waals surface area contributed by atoms with Crippen LogP contribution in [-0.2, 0) is 6.54 Å². The van der Waals surface area contributed by atoms with Crippen LogP contribution in [0.25, 0.3) is 0 Å².